The number of nitrogens with zero attached hydrogens (tertiary/aromatic N) is 3. The Morgan fingerprint density at radius 2 is 0.562 bits per heavy atom. The zero-order valence-corrected chi connectivity index (χ0v) is 22.1. The van der Waals surface area contributed by atoms with Crippen molar-refractivity contribution in [3.63, 3.8) is 0 Å². The minimum absolute atomic E-state index is 1.01. The van der Waals surface area contributed by atoms with Crippen molar-refractivity contribution in [1.29, 1.82) is 0 Å². The Bertz CT molecular complexity index is 489. The van der Waals surface area contributed by atoms with Crippen molar-refractivity contribution in [1.82, 2.24) is 15.0 Å². The monoisotopic (exact) mass is 445 g/mol. The summed E-state index contributed by atoms with van der Waals surface area (Å²) in [6.45, 7) is 6.82. The first-order chi connectivity index (χ1) is 15.8. The number of rotatable bonds is 23. The van der Waals surface area contributed by atoms with E-state index in [0.29, 0.717) is 0 Å². The van der Waals surface area contributed by atoms with Crippen molar-refractivity contribution >= 4 is 0 Å². The molecule has 186 valence electrons. The van der Waals surface area contributed by atoms with Gasteiger partial charge in [0.2, 0.25) is 0 Å². The molecule has 0 spiro atoms. The standard InChI is InChI=1S/C29H55N3/c1-4-7-10-12-14-16-18-20-22-25-28-30-27(24-9-6-3)31-29(32-28)26-23-21-19-17-15-13-11-8-5-2/h4-26H2,1-3H3. The average Bonchev–Trinajstić information content (AvgIpc) is 2.80. The Balaban J connectivity index is 2.29. The molecule has 0 aliphatic rings. The van der Waals surface area contributed by atoms with Crippen LogP contribution in [0.4, 0.5) is 0 Å². The topological polar surface area (TPSA) is 38.7 Å². The van der Waals surface area contributed by atoms with Gasteiger partial charge in [0.25, 0.3) is 0 Å². The van der Waals surface area contributed by atoms with Crippen LogP contribution in [0.3, 0.4) is 0 Å². The van der Waals surface area contributed by atoms with Gasteiger partial charge in [-0.1, -0.05) is 130 Å². The molecule has 1 aromatic heterocycles. The molecule has 32 heavy (non-hydrogen) atoms. The predicted octanol–water partition coefficient (Wildman–Crippen LogP) is 9.36. The van der Waals surface area contributed by atoms with Crippen molar-refractivity contribution in [3.8, 4) is 0 Å². The first-order valence-corrected chi connectivity index (χ1v) is 14.5. The fourth-order valence-electron chi connectivity index (χ4n) is 4.38. The average molecular weight is 446 g/mol. The summed E-state index contributed by atoms with van der Waals surface area (Å²) in [4.78, 5) is 14.5. The van der Waals surface area contributed by atoms with E-state index in [1.54, 1.807) is 0 Å². The van der Waals surface area contributed by atoms with Crippen LogP contribution in [-0.2, 0) is 19.3 Å². The highest BCUT2D eigenvalue weighted by Crippen LogP contribution is 2.13. The highest BCUT2D eigenvalue weighted by molar-refractivity contribution is 4.98. The zero-order valence-electron chi connectivity index (χ0n) is 22.1. The summed E-state index contributed by atoms with van der Waals surface area (Å²) in [7, 11) is 0. The molecule has 0 saturated carbocycles. The molecule has 0 atom stereocenters. The van der Waals surface area contributed by atoms with Crippen molar-refractivity contribution in [2.75, 3.05) is 0 Å². The van der Waals surface area contributed by atoms with Crippen LogP contribution in [0.15, 0.2) is 0 Å². The third kappa shape index (κ3) is 16.6. The van der Waals surface area contributed by atoms with Crippen LogP contribution < -0.4 is 0 Å². The Hall–Kier alpha value is -0.990. The van der Waals surface area contributed by atoms with Crippen molar-refractivity contribution in [2.45, 2.75) is 168 Å². The molecule has 0 saturated heterocycles. The van der Waals surface area contributed by atoms with Crippen LogP contribution in [0.5, 0.6) is 0 Å². The fraction of sp³-hybridized carbons (Fsp3) is 0.897. The summed E-state index contributed by atoms with van der Waals surface area (Å²) in [5, 5.41) is 0. The minimum atomic E-state index is 1.01. The first-order valence-electron chi connectivity index (χ1n) is 14.5. The van der Waals surface area contributed by atoms with E-state index in [2.05, 4.69) is 20.8 Å². The van der Waals surface area contributed by atoms with Crippen molar-refractivity contribution in [3.05, 3.63) is 17.5 Å². The smallest absolute Gasteiger partial charge is 0.132 e. The van der Waals surface area contributed by atoms with E-state index in [-0.39, 0.29) is 0 Å². The largest absolute Gasteiger partial charge is 0.218 e. The van der Waals surface area contributed by atoms with Crippen LogP contribution in [0, 0.1) is 0 Å². The highest BCUT2D eigenvalue weighted by atomic mass is 15.0. The van der Waals surface area contributed by atoms with Crippen LogP contribution in [0.25, 0.3) is 0 Å². The summed E-state index contributed by atoms with van der Waals surface area (Å²) in [6, 6.07) is 0. The van der Waals surface area contributed by atoms with Gasteiger partial charge in [0.15, 0.2) is 0 Å². The van der Waals surface area contributed by atoms with E-state index in [1.165, 1.54) is 128 Å². The van der Waals surface area contributed by atoms with Gasteiger partial charge in [0.05, 0.1) is 0 Å². The molecule has 0 aliphatic heterocycles. The molecule has 0 amide bonds. The Morgan fingerprint density at radius 1 is 0.312 bits per heavy atom. The van der Waals surface area contributed by atoms with Gasteiger partial charge in [-0.2, -0.15) is 0 Å². The van der Waals surface area contributed by atoms with Gasteiger partial charge in [-0.25, -0.2) is 15.0 Å². The number of aryl methyl sites for hydroxylation is 3. The molecular weight excluding hydrogens is 390 g/mol. The number of hydrogen-bond acceptors (Lipinski definition) is 3. The lowest BCUT2D eigenvalue weighted by Gasteiger charge is -2.08. The molecule has 0 aliphatic carbocycles. The van der Waals surface area contributed by atoms with Crippen molar-refractivity contribution < 1.29 is 0 Å². The second kappa shape index (κ2) is 21.8. The number of aromatic nitrogens is 3. The molecular formula is C29H55N3. The number of unbranched alkanes of at least 4 members (excludes halogenated alkanes) is 17. The van der Waals surface area contributed by atoms with Crippen LogP contribution in [0.2, 0.25) is 0 Å². The SMILES string of the molecule is CCCCCCCCCCCc1nc(CCCC)nc(CCCCCCCCCCC)n1. The van der Waals surface area contributed by atoms with E-state index < -0.39 is 0 Å². The van der Waals surface area contributed by atoms with E-state index in [0.717, 1.165) is 36.7 Å². The quantitative estimate of drug-likeness (QED) is 0.157. The van der Waals surface area contributed by atoms with Crippen LogP contribution >= 0.6 is 0 Å². The second-order valence-electron chi connectivity index (χ2n) is 9.84. The van der Waals surface area contributed by atoms with Gasteiger partial charge in [-0.05, 0) is 19.3 Å². The second-order valence-corrected chi connectivity index (χ2v) is 9.84. The van der Waals surface area contributed by atoms with E-state index >= 15 is 0 Å². The zero-order chi connectivity index (χ0) is 23.1. The molecule has 1 aromatic rings. The van der Waals surface area contributed by atoms with E-state index in [9.17, 15) is 0 Å². The van der Waals surface area contributed by atoms with Gasteiger partial charge >= 0.3 is 0 Å². The van der Waals surface area contributed by atoms with Crippen LogP contribution in [0.1, 0.15) is 167 Å². The molecule has 0 unspecified atom stereocenters. The summed E-state index contributed by atoms with van der Waals surface area (Å²) < 4.78 is 0. The predicted molar refractivity (Wildman–Crippen MR) is 140 cm³/mol. The molecule has 0 bridgehead atoms. The maximum Gasteiger partial charge on any atom is 0.132 e. The van der Waals surface area contributed by atoms with E-state index in [1.807, 2.05) is 0 Å². The fourth-order valence-corrected chi connectivity index (χ4v) is 4.38. The third-order valence-electron chi connectivity index (χ3n) is 6.54. The first kappa shape index (κ1) is 29.0. The summed E-state index contributed by atoms with van der Waals surface area (Å²) in [5.74, 6) is 3.15. The third-order valence-corrected chi connectivity index (χ3v) is 6.54. The summed E-state index contributed by atoms with van der Waals surface area (Å²) >= 11 is 0. The molecule has 0 radical (unpaired) electrons. The molecule has 1 heterocycles. The molecule has 0 fully saturated rings. The maximum atomic E-state index is 4.85. The molecule has 3 nitrogen and oxygen atoms in total. The van der Waals surface area contributed by atoms with Gasteiger partial charge in [0, 0.05) is 19.3 Å². The highest BCUT2D eigenvalue weighted by Gasteiger charge is 2.07. The van der Waals surface area contributed by atoms with Gasteiger partial charge in [0.1, 0.15) is 17.5 Å². The molecule has 3 heteroatoms. The lowest BCUT2D eigenvalue weighted by molar-refractivity contribution is 0.555. The van der Waals surface area contributed by atoms with Gasteiger partial charge in [-0.3, -0.25) is 0 Å². The normalized spacial score (nSPS) is 11.3. The van der Waals surface area contributed by atoms with E-state index in [4.69, 9.17) is 15.0 Å². The molecule has 0 N–H and O–H groups in total. The minimum Gasteiger partial charge on any atom is -0.218 e. The molecule has 0 aromatic carbocycles. The van der Waals surface area contributed by atoms with Crippen molar-refractivity contribution in [2.24, 2.45) is 0 Å². The number of hydrogen-bond donors (Lipinski definition) is 0. The lowest BCUT2D eigenvalue weighted by atomic mass is 10.1. The molecule has 1 rings (SSSR count). The maximum absolute atomic E-state index is 4.85. The Labute approximate surface area is 201 Å². The Morgan fingerprint density at radius 3 is 0.875 bits per heavy atom. The summed E-state index contributed by atoms with van der Waals surface area (Å²) in [5.41, 5.74) is 0. The summed E-state index contributed by atoms with van der Waals surface area (Å²) in [6.07, 6.45) is 30.1. The lowest BCUT2D eigenvalue weighted by Crippen LogP contribution is -2.08. The Kier molecular flexibility index (Phi) is 19.8. The van der Waals surface area contributed by atoms with Gasteiger partial charge in [-0.15, -0.1) is 0 Å². The van der Waals surface area contributed by atoms with Gasteiger partial charge < -0.3 is 0 Å². The van der Waals surface area contributed by atoms with Crippen LogP contribution in [-0.4, -0.2) is 15.0 Å².